The Kier molecular flexibility index (Phi) is 9.04. The molecule has 0 unspecified atom stereocenters. The molecule has 7 rings (SSSR count). The van der Waals surface area contributed by atoms with Crippen molar-refractivity contribution in [3.63, 3.8) is 0 Å². The predicted octanol–water partition coefficient (Wildman–Crippen LogP) is 9.08. The van der Waals surface area contributed by atoms with Crippen LogP contribution in [0.4, 0.5) is 4.39 Å². The topological polar surface area (TPSA) is 43.6 Å². The number of hydrogen-bond donors (Lipinski definition) is 0. The largest absolute Gasteiger partial charge is 0.362 e. The molecule has 4 nitrogen and oxygen atoms in total. The molecular formula is C35H31FIrN4SSi-2. The zero-order valence-corrected chi connectivity index (χ0v) is 28.9. The van der Waals surface area contributed by atoms with E-state index in [0.29, 0.717) is 0 Å². The average Bonchev–Trinajstić information content (AvgIpc) is 3.56. The second-order valence-electron chi connectivity index (χ2n) is 11.6. The van der Waals surface area contributed by atoms with E-state index in [1.54, 1.807) is 17.4 Å². The Labute approximate surface area is 270 Å². The van der Waals surface area contributed by atoms with Crippen LogP contribution in [0.2, 0.25) is 19.6 Å². The first kappa shape index (κ1) is 30.9. The van der Waals surface area contributed by atoms with Gasteiger partial charge in [0.25, 0.3) is 0 Å². The van der Waals surface area contributed by atoms with Gasteiger partial charge >= 0.3 is 0 Å². The molecule has 219 valence electrons. The Morgan fingerprint density at radius 3 is 2.35 bits per heavy atom. The number of aromatic nitrogens is 4. The van der Waals surface area contributed by atoms with E-state index in [9.17, 15) is 4.39 Å². The predicted molar refractivity (Wildman–Crippen MR) is 177 cm³/mol. The standard InChI is InChI=1S/C21H15FN3S.C14H16NSi.Ir/c1-12(2)25-18-9-4-3-8-17(18)24-20(25)15-7-5-6-14-16-10-13(22)11-23-21(16)26-19(14)15;1-16(2,3)13-9-10-14(15-11-13)12-7-5-4-6-8-12;/h3-6,8-12H,1-2H3;4-7,9-11H,1-3H3;/q2*-1;. The normalized spacial score (nSPS) is 11.5. The molecular weight excluding hydrogens is 748 g/mol. The van der Waals surface area contributed by atoms with Crippen molar-refractivity contribution in [1.29, 1.82) is 0 Å². The summed E-state index contributed by atoms with van der Waals surface area (Å²) >= 11 is 1.56. The minimum Gasteiger partial charge on any atom is -0.362 e. The molecule has 0 saturated carbocycles. The number of nitrogens with zero attached hydrogens (tertiary/aromatic N) is 4. The van der Waals surface area contributed by atoms with Gasteiger partial charge in [-0.05, 0) is 47.6 Å². The number of imidazole rings is 1. The molecule has 1 radical (unpaired) electrons. The Morgan fingerprint density at radius 1 is 0.860 bits per heavy atom. The van der Waals surface area contributed by atoms with Crippen molar-refractivity contribution in [1.82, 2.24) is 19.5 Å². The van der Waals surface area contributed by atoms with E-state index in [4.69, 9.17) is 4.98 Å². The van der Waals surface area contributed by atoms with Crippen LogP contribution in [0.5, 0.6) is 0 Å². The summed E-state index contributed by atoms with van der Waals surface area (Å²) in [6.45, 7) is 11.3. The summed E-state index contributed by atoms with van der Waals surface area (Å²) in [5.74, 6) is 0.569. The number of hydrogen-bond acceptors (Lipinski definition) is 4. The first-order chi connectivity index (χ1) is 20.2. The number of para-hydroxylation sites is 2. The number of fused-ring (bicyclic) bond motifs is 4. The second-order valence-corrected chi connectivity index (χ2v) is 17.6. The number of rotatable bonds is 4. The summed E-state index contributed by atoms with van der Waals surface area (Å²) in [7, 11) is -1.23. The maximum absolute atomic E-state index is 13.7. The van der Waals surface area contributed by atoms with Crippen LogP contribution in [-0.2, 0) is 20.1 Å². The summed E-state index contributed by atoms with van der Waals surface area (Å²) in [6, 6.07) is 32.6. The van der Waals surface area contributed by atoms with E-state index < -0.39 is 8.07 Å². The Bertz CT molecular complexity index is 2010. The van der Waals surface area contributed by atoms with Gasteiger partial charge in [0, 0.05) is 37.7 Å². The smallest absolute Gasteiger partial charge is 0.142 e. The molecule has 0 N–H and O–H groups in total. The minimum absolute atomic E-state index is 0. The molecule has 3 aromatic carbocycles. The van der Waals surface area contributed by atoms with Crippen LogP contribution in [-0.4, -0.2) is 27.6 Å². The Morgan fingerprint density at radius 2 is 1.65 bits per heavy atom. The Hall–Kier alpha value is -3.55. The van der Waals surface area contributed by atoms with Gasteiger partial charge in [-0.3, -0.25) is 4.98 Å². The van der Waals surface area contributed by atoms with Gasteiger partial charge < -0.3 is 9.55 Å². The van der Waals surface area contributed by atoms with E-state index in [1.807, 2.05) is 60.8 Å². The fourth-order valence-electron chi connectivity index (χ4n) is 5.06. The summed E-state index contributed by atoms with van der Waals surface area (Å²) in [6.07, 6.45) is 3.28. The number of halogens is 1. The molecule has 0 aliphatic carbocycles. The van der Waals surface area contributed by atoms with Crippen LogP contribution in [0.25, 0.3) is 54.0 Å². The monoisotopic (exact) mass is 779 g/mol. The van der Waals surface area contributed by atoms with Gasteiger partial charge in [0.2, 0.25) is 0 Å². The maximum atomic E-state index is 13.7. The zero-order valence-electron chi connectivity index (χ0n) is 24.6. The van der Waals surface area contributed by atoms with Gasteiger partial charge in [-0.15, -0.1) is 54.1 Å². The van der Waals surface area contributed by atoms with E-state index in [0.717, 1.165) is 54.0 Å². The number of benzene rings is 3. The zero-order chi connectivity index (χ0) is 29.4. The fraction of sp³-hybridized carbons (Fsp3) is 0.171. The van der Waals surface area contributed by atoms with Crippen LogP contribution in [0, 0.1) is 17.9 Å². The van der Waals surface area contributed by atoms with Gasteiger partial charge in [-0.2, -0.15) is 11.3 Å². The third-order valence-corrected chi connectivity index (χ3v) is 10.4. The quantitative estimate of drug-likeness (QED) is 0.132. The van der Waals surface area contributed by atoms with Gasteiger partial charge in [-0.25, -0.2) is 9.37 Å². The molecule has 0 spiro atoms. The molecule has 43 heavy (non-hydrogen) atoms. The first-order valence-corrected chi connectivity index (χ1v) is 18.3. The SMILES string of the molecule is CC(C)n1c(-c2[c-]ccc3c2sc2ncc(F)cc23)nc2ccccc21.C[Si](C)(C)c1ccc(-c2[c-]cccc2)nc1.[Ir]. The van der Waals surface area contributed by atoms with E-state index >= 15 is 0 Å². The third-order valence-electron chi connectivity index (χ3n) is 7.21. The Balaban J connectivity index is 0.000000188. The summed E-state index contributed by atoms with van der Waals surface area (Å²) < 4.78 is 17.0. The van der Waals surface area contributed by atoms with Crippen molar-refractivity contribution in [2.24, 2.45) is 0 Å². The van der Waals surface area contributed by atoms with Gasteiger partial charge in [0.15, 0.2) is 0 Å². The molecule has 4 aromatic heterocycles. The van der Waals surface area contributed by atoms with Crippen LogP contribution >= 0.6 is 11.3 Å². The van der Waals surface area contributed by atoms with Crippen LogP contribution in [0.1, 0.15) is 19.9 Å². The van der Waals surface area contributed by atoms with Crippen molar-refractivity contribution in [2.75, 3.05) is 0 Å². The molecule has 0 bridgehead atoms. The van der Waals surface area contributed by atoms with Crippen LogP contribution in [0.3, 0.4) is 0 Å². The molecule has 0 aliphatic rings. The van der Waals surface area contributed by atoms with Crippen molar-refractivity contribution in [3.05, 3.63) is 109 Å². The summed E-state index contributed by atoms with van der Waals surface area (Å²) in [5.41, 5.74) is 5.07. The minimum atomic E-state index is -1.23. The maximum Gasteiger partial charge on any atom is 0.142 e. The second kappa shape index (κ2) is 12.6. The van der Waals surface area contributed by atoms with Crippen molar-refractivity contribution < 1.29 is 24.5 Å². The summed E-state index contributed by atoms with van der Waals surface area (Å²) in [5, 5.41) is 3.23. The molecule has 0 amide bonds. The van der Waals surface area contributed by atoms with Crippen LogP contribution < -0.4 is 5.19 Å². The number of thiophene rings is 1. The molecule has 0 saturated heterocycles. The fourth-order valence-corrected chi connectivity index (χ4v) is 7.21. The molecule has 7 aromatic rings. The average molecular weight is 779 g/mol. The van der Waals surface area contributed by atoms with E-state index in [2.05, 4.69) is 78.4 Å². The molecule has 0 aliphatic heterocycles. The summed E-state index contributed by atoms with van der Waals surface area (Å²) in [4.78, 5) is 14.5. The van der Waals surface area contributed by atoms with E-state index in [1.165, 1.54) is 11.4 Å². The number of pyridine rings is 2. The molecule has 4 heterocycles. The van der Waals surface area contributed by atoms with Crippen molar-refractivity contribution in [3.8, 4) is 22.6 Å². The molecule has 0 atom stereocenters. The molecule has 8 heteroatoms. The first-order valence-electron chi connectivity index (χ1n) is 14.0. The molecule has 0 fully saturated rings. The van der Waals surface area contributed by atoms with Crippen LogP contribution in [0.15, 0.2) is 91.3 Å². The third kappa shape index (κ3) is 6.24. The van der Waals surface area contributed by atoms with Gasteiger partial charge in [-0.1, -0.05) is 54.9 Å². The van der Waals surface area contributed by atoms with Gasteiger partial charge in [0.05, 0.1) is 31.1 Å². The van der Waals surface area contributed by atoms with Gasteiger partial charge in [0.1, 0.15) is 10.6 Å². The van der Waals surface area contributed by atoms with Crippen molar-refractivity contribution in [2.45, 2.75) is 39.5 Å². The van der Waals surface area contributed by atoms with E-state index in [-0.39, 0.29) is 32.0 Å². The van der Waals surface area contributed by atoms with Crippen molar-refractivity contribution >= 4 is 55.9 Å².